The molecule has 1 aliphatic heterocycles. The number of rotatable bonds is 2. The Kier molecular flexibility index (Phi) is 3.38. The first-order chi connectivity index (χ1) is 8.42. The van der Waals surface area contributed by atoms with Crippen molar-refractivity contribution < 1.29 is 14.1 Å². The van der Waals surface area contributed by atoms with Gasteiger partial charge >= 0.3 is 0 Å². The molecule has 0 saturated carbocycles. The van der Waals surface area contributed by atoms with Gasteiger partial charge in [0, 0.05) is 12.5 Å². The van der Waals surface area contributed by atoms with Crippen molar-refractivity contribution in [3.8, 4) is 0 Å². The van der Waals surface area contributed by atoms with Crippen LogP contribution in [0.3, 0.4) is 0 Å². The largest absolute Gasteiger partial charge is 0.362 e. The van der Waals surface area contributed by atoms with Gasteiger partial charge in [0.15, 0.2) is 11.4 Å². The van der Waals surface area contributed by atoms with Crippen molar-refractivity contribution in [3.63, 3.8) is 0 Å². The second-order valence-corrected chi connectivity index (χ2v) is 5.14. The normalized spacial score (nSPS) is 24.6. The molecule has 0 aromatic carbocycles. The summed E-state index contributed by atoms with van der Waals surface area (Å²) in [6.07, 6.45) is 0. The quantitative estimate of drug-likeness (QED) is 0.789. The predicted octanol–water partition coefficient (Wildman–Crippen LogP) is 1.11. The number of carbonyl (C=O) groups is 1. The van der Waals surface area contributed by atoms with Crippen molar-refractivity contribution in [2.45, 2.75) is 33.3 Å². The van der Waals surface area contributed by atoms with Crippen molar-refractivity contribution in [2.24, 2.45) is 5.92 Å². The summed E-state index contributed by atoms with van der Waals surface area (Å²) in [5, 5.41) is 3.77. The zero-order chi connectivity index (χ0) is 13.3. The summed E-state index contributed by atoms with van der Waals surface area (Å²) < 4.78 is 10.9. The number of morpholine rings is 1. The second-order valence-electron chi connectivity index (χ2n) is 5.14. The van der Waals surface area contributed by atoms with Gasteiger partial charge in [0.2, 0.25) is 5.91 Å². The third kappa shape index (κ3) is 2.38. The highest BCUT2D eigenvalue weighted by Gasteiger charge is 2.40. The standard InChI is InChI=1S/C12H19N3O3/c1-8(2)10(16)15-5-6-17-12(4,7-15)11-13-9(3)14-18-11/h8H,5-7H2,1-4H3/t12-/m0/s1. The topological polar surface area (TPSA) is 68.5 Å². The van der Waals surface area contributed by atoms with E-state index in [1.807, 2.05) is 20.8 Å². The Hall–Kier alpha value is -1.43. The molecule has 1 aliphatic rings. The van der Waals surface area contributed by atoms with Crippen LogP contribution in [0.15, 0.2) is 4.52 Å². The van der Waals surface area contributed by atoms with Gasteiger partial charge in [-0.1, -0.05) is 19.0 Å². The molecule has 2 rings (SSSR count). The summed E-state index contributed by atoms with van der Waals surface area (Å²) in [5.41, 5.74) is -0.704. The molecule has 0 N–H and O–H groups in total. The van der Waals surface area contributed by atoms with E-state index in [1.165, 1.54) is 0 Å². The number of hydrogen-bond acceptors (Lipinski definition) is 5. The van der Waals surface area contributed by atoms with E-state index in [0.717, 1.165) is 0 Å². The van der Waals surface area contributed by atoms with Gasteiger partial charge in [-0.3, -0.25) is 4.79 Å². The molecule has 1 fully saturated rings. The van der Waals surface area contributed by atoms with Crippen LogP contribution in [0.2, 0.25) is 0 Å². The number of aromatic nitrogens is 2. The summed E-state index contributed by atoms with van der Waals surface area (Å²) in [6, 6.07) is 0. The smallest absolute Gasteiger partial charge is 0.260 e. The highest BCUT2D eigenvalue weighted by Crippen LogP contribution is 2.28. The van der Waals surface area contributed by atoms with Crippen LogP contribution in [0, 0.1) is 12.8 Å². The Labute approximate surface area is 106 Å². The van der Waals surface area contributed by atoms with Crippen molar-refractivity contribution >= 4 is 5.91 Å². The predicted molar refractivity (Wildman–Crippen MR) is 63.8 cm³/mol. The maximum atomic E-state index is 12.0. The third-order valence-electron chi connectivity index (χ3n) is 3.06. The van der Waals surface area contributed by atoms with Crippen LogP contribution in [0.4, 0.5) is 0 Å². The molecule has 1 atom stereocenters. The van der Waals surface area contributed by atoms with E-state index in [2.05, 4.69) is 10.1 Å². The SMILES string of the molecule is Cc1noc([C@]2(C)CN(C(=O)C(C)C)CCO2)n1. The number of ether oxygens (including phenoxy) is 1. The molecule has 0 unspecified atom stereocenters. The summed E-state index contributed by atoms with van der Waals surface area (Å²) >= 11 is 0. The molecule has 1 amide bonds. The summed E-state index contributed by atoms with van der Waals surface area (Å²) in [4.78, 5) is 18.0. The first-order valence-electron chi connectivity index (χ1n) is 6.16. The minimum Gasteiger partial charge on any atom is -0.362 e. The van der Waals surface area contributed by atoms with E-state index in [-0.39, 0.29) is 11.8 Å². The van der Waals surface area contributed by atoms with Crippen molar-refractivity contribution in [2.75, 3.05) is 19.7 Å². The lowest BCUT2D eigenvalue weighted by Gasteiger charge is -2.38. The van der Waals surface area contributed by atoms with Gasteiger partial charge in [-0.2, -0.15) is 4.98 Å². The van der Waals surface area contributed by atoms with E-state index < -0.39 is 5.60 Å². The zero-order valence-electron chi connectivity index (χ0n) is 11.3. The number of aryl methyl sites for hydroxylation is 1. The van der Waals surface area contributed by atoms with Crippen LogP contribution < -0.4 is 0 Å². The Bertz CT molecular complexity index is 444. The molecule has 0 radical (unpaired) electrons. The lowest BCUT2D eigenvalue weighted by Crippen LogP contribution is -2.51. The molecular weight excluding hydrogens is 234 g/mol. The van der Waals surface area contributed by atoms with Crippen molar-refractivity contribution in [1.82, 2.24) is 15.0 Å². The van der Waals surface area contributed by atoms with E-state index in [9.17, 15) is 4.79 Å². The molecule has 1 aromatic heterocycles. The van der Waals surface area contributed by atoms with Crippen LogP contribution in [0.1, 0.15) is 32.5 Å². The number of amides is 1. The lowest BCUT2D eigenvalue weighted by molar-refractivity contribution is -0.156. The van der Waals surface area contributed by atoms with Crippen LogP contribution in [0.5, 0.6) is 0 Å². The zero-order valence-corrected chi connectivity index (χ0v) is 11.3. The van der Waals surface area contributed by atoms with Gasteiger partial charge in [0.05, 0.1) is 13.2 Å². The Morgan fingerprint density at radius 1 is 1.50 bits per heavy atom. The maximum absolute atomic E-state index is 12.0. The van der Waals surface area contributed by atoms with Gasteiger partial charge in [-0.05, 0) is 13.8 Å². The van der Waals surface area contributed by atoms with Crippen LogP contribution in [-0.4, -0.2) is 40.6 Å². The highest BCUT2D eigenvalue weighted by molar-refractivity contribution is 5.78. The molecule has 18 heavy (non-hydrogen) atoms. The molecule has 0 bridgehead atoms. The van der Waals surface area contributed by atoms with E-state index in [0.29, 0.717) is 31.4 Å². The first kappa shape index (κ1) is 13.0. The summed E-state index contributed by atoms with van der Waals surface area (Å²) in [6.45, 7) is 8.97. The minimum atomic E-state index is -0.704. The molecule has 0 aliphatic carbocycles. The van der Waals surface area contributed by atoms with Crippen LogP contribution >= 0.6 is 0 Å². The lowest BCUT2D eigenvalue weighted by atomic mass is 10.0. The summed E-state index contributed by atoms with van der Waals surface area (Å²) in [5.74, 6) is 1.11. The summed E-state index contributed by atoms with van der Waals surface area (Å²) in [7, 11) is 0. The van der Waals surface area contributed by atoms with Gasteiger partial charge < -0.3 is 14.2 Å². The molecular formula is C12H19N3O3. The molecule has 2 heterocycles. The molecule has 0 spiro atoms. The average Bonchev–Trinajstić information content (AvgIpc) is 2.75. The van der Waals surface area contributed by atoms with Gasteiger partial charge in [-0.15, -0.1) is 0 Å². The molecule has 1 saturated heterocycles. The van der Waals surface area contributed by atoms with Crippen molar-refractivity contribution in [1.29, 1.82) is 0 Å². The second kappa shape index (κ2) is 4.68. The maximum Gasteiger partial charge on any atom is 0.260 e. The average molecular weight is 253 g/mol. The van der Waals surface area contributed by atoms with E-state index in [1.54, 1.807) is 11.8 Å². The first-order valence-corrected chi connectivity index (χ1v) is 6.16. The molecule has 6 nitrogen and oxygen atoms in total. The van der Waals surface area contributed by atoms with Crippen LogP contribution in [-0.2, 0) is 15.1 Å². The minimum absolute atomic E-state index is 0.0169. The fraction of sp³-hybridized carbons (Fsp3) is 0.750. The Morgan fingerprint density at radius 2 is 2.22 bits per heavy atom. The molecule has 1 aromatic rings. The van der Waals surface area contributed by atoms with E-state index in [4.69, 9.17) is 9.26 Å². The number of carbonyl (C=O) groups excluding carboxylic acids is 1. The fourth-order valence-corrected chi connectivity index (χ4v) is 2.06. The third-order valence-corrected chi connectivity index (χ3v) is 3.06. The fourth-order valence-electron chi connectivity index (χ4n) is 2.06. The Morgan fingerprint density at radius 3 is 2.78 bits per heavy atom. The molecule has 6 heteroatoms. The van der Waals surface area contributed by atoms with Gasteiger partial charge in [-0.25, -0.2) is 0 Å². The molecule has 100 valence electrons. The monoisotopic (exact) mass is 253 g/mol. The number of hydrogen-bond donors (Lipinski definition) is 0. The van der Waals surface area contributed by atoms with Crippen LogP contribution in [0.25, 0.3) is 0 Å². The van der Waals surface area contributed by atoms with Gasteiger partial charge in [0.25, 0.3) is 5.89 Å². The highest BCUT2D eigenvalue weighted by atomic mass is 16.5. The number of nitrogens with zero attached hydrogens (tertiary/aromatic N) is 3. The van der Waals surface area contributed by atoms with E-state index >= 15 is 0 Å². The Balaban J connectivity index is 2.17. The van der Waals surface area contributed by atoms with Crippen molar-refractivity contribution in [3.05, 3.63) is 11.7 Å². The van der Waals surface area contributed by atoms with Gasteiger partial charge in [0.1, 0.15) is 0 Å².